The number of nitrogens with zero attached hydrogens (tertiary/aromatic N) is 1. The van der Waals surface area contributed by atoms with E-state index in [-0.39, 0.29) is 18.6 Å². The molecule has 3 aromatic carbocycles. The highest BCUT2D eigenvalue weighted by molar-refractivity contribution is 7.21. The first-order valence-corrected chi connectivity index (χ1v) is 14.7. The Bertz CT molecular complexity index is 1410. The van der Waals surface area contributed by atoms with Gasteiger partial charge < -0.3 is 15.3 Å². The standard InChI is InChI=1S/C32H35ClN2O2S/c1-3-22-12-13-24(23-10-8-21(20-36)9-11-23)18-25(22)19-35(27-16-14-26(34-2)15-17-27)32(37)31-30(33)28-6-4-5-7-29(28)38-31/h4-13,18,26-27,34,36H,3,14-17,19-20H2,1-2H3/t26-,27-. The van der Waals surface area contributed by atoms with E-state index in [0.717, 1.165) is 58.9 Å². The first-order chi connectivity index (χ1) is 18.5. The lowest BCUT2D eigenvalue weighted by atomic mass is 9.89. The number of benzene rings is 3. The monoisotopic (exact) mass is 546 g/mol. The van der Waals surface area contributed by atoms with E-state index in [1.165, 1.54) is 22.5 Å². The number of hydrogen-bond acceptors (Lipinski definition) is 4. The summed E-state index contributed by atoms with van der Waals surface area (Å²) in [4.78, 5) is 17.0. The number of aryl methyl sites for hydroxylation is 1. The molecule has 4 nitrogen and oxygen atoms in total. The zero-order chi connectivity index (χ0) is 26.6. The third kappa shape index (κ3) is 5.52. The van der Waals surface area contributed by atoms with Crippen LogP contribution >= 0.6 is 22.9 Å². The second-order valence-electron chi connectivity index (χ2n) is 10.2. The third-order valence-electron chi connectivity index (χ3n) is 7.93. The molecule has 1 fully saturated rings. The highest BCUT2D eigenvalue weighted by Crippen LogP contribution is 2.38. The number of carbonyl (C=O) groups excluding carboxylic acids is 1. The van der Waals surface area contributed by atoms with Gasteiger partial charge in [0.05, 0.1) is 11.6 Å². The molecule has 38 heavy (non-hydrogen) atoms. The van der Waals surface area contributed by atoms with Gasteiger partial charge in [0.25, 0.3) is 5.91 Å². The molecule has 0 unspecified atom stereocenters. The third-order valence-corrected chi connectivity index (χ3v) is 9.60. The summed E-state index contributed by atoms with van der Waals surface area (Å²) >= 11 is 8.30. The Morgan fingerprint density at radius 2 is 1.71 bits per heavy atom. The molecule has 198 valence electrons. The number of thiophene rings is 1. The van der Waals surface area contributed by atoms with Crippen molar-refractivity contribution in [2.24, 2.45) is 0 Å². The smallest absolute Gasteiger partial charge is 0.266 e. The molecule has 0 saturated heterocycles. The zero-order valence-electron chi connectivity index (χ0n) is 22.0. The molecule has 4 aromatic rings. The van der Waals surface area contributed by atoms with Crippen LogP contribution in [-0.4, -0.2) is 35.0 Å². The molecular weight excluding hydrogens is 512 g/mol. The Kier molecular flexibility index (Phi) is 8.49. The van der Waals surface area contributed by atoms with Crippen molar-refractivity contribution in [2.75, 3.05) is 7.05 Å². The molecule has 2 N–H and O–H groups in total. The van der Waals surface area contributed by atoms with Gasteiger partial charge in [0.15, 0.2) is 0 Å². The lowest BCUT2D eigenvalue weighted by Crippen LogP contribution is -2.44. The summed E-state index contributed by atoms with van der Waals surface area (Å²) in [5.41, 5.74) is 5.55. The van der Waals surface area contributed by atoms with E-state index in [0.29, 0.717) is 22.5 Å². The minimum Gasteiger partial charge on any atom is -0.392 e. The van der Waals surface area contributed by atoms with Crippen LogP contribution in [0.25, 0.3) is 21.2 Å². The van der Waals surface area contributed by atoms with Gasteiger partial charge in [-0.1, -0.05) is 73.1 Å². The Balaban J connectivity index is 1.51. The summed E-state index contributed by atoms with van der Waals surface area (Å²) in [7, 11) is 2.02. The minimum atomic E-state index is 0.0314. The Morgan fingerprint density at radius 1 is 1.00 bits per heavy atom. The number of hydrogen-bond donors (Lipinski definition) is 2. The van der Waals surface area contributed by atoms with Gasteiger partial charge in [0.2, 0.25) is 0 Å². The van der Waals surface area contributed by atoms with E-state index in [2.05, 4.69) is 47.5 Å². The van der Waals surface area contributed by atoms with E-state index >= 15 is 0 Å². The summed E-state index contributed by atoms with van der Waals surface area (Å²) in [6.07, 6.45) is 4.97. The average Bonchev–Trinajstić information content (AvgIpc) is 3.32. The van der Waals surface area contributed by atoms with Gasteiger partial charge in [0, 0.05) is 28.7 Å². The zero-order valence-corrected chi connectivity index (χ0v) is 23.6. The van der Waals surface area contributed by atoms with E-state index in [4.69, 9.17) is 11.6 Å². The highest BCUT2D eigenvalue weighted by Gasteiger charge is 2.32. The van der Waals surface area contributed by atoms with Gasteiger partial charge >= 0.3 is 0 Å². The van der Waals surface area contributed by atoms with Crippen LogP contribution in [0.1, 0.15) is 59.0 Å². The Hall–Kier alpha value is -2.70. The fourth-order valence-corrected chi connectivity index (χ4v) is 7.08. The van der Waals surface area contributed by atoms with Crippen LogP contribution in [-0.2, 0) is 19.6 Å². The molecule has 0 radical (unpaired) electrons. The second kappa shape index (κ2) is 12.0. The van der Waals surface area contributed by atoms with Gasteiger partial charge in [-0.2, -0.15) is 0 Å². The van der Waals surface area contributed by atoms with Crippen LogP contribution in [0.4, 0.5) is 0 Å². The summed E-state index contributed by atoms with van der Waals surface area (Å²) in [5, 5.41) is 14.4. The summed E-state index contributed by atoms with van der Waals surface area (Å²) in [6, 6.07) is 23.3. The molecule has 5 rings (SSSR count). The van der Waals surface area contributed by atoms with Crippen molar-refractivity contribution in [3.05, 3.63) is 93.3 Å². The topological polar surface area (TPSA) is 52.6 Å². The maximum Gasteiger partial charge on any atom is 0.266 e. The van der Waals surface area contributed by atoms with Gasteiger partial charge in [-0.3, -0.25) is 4.79 Å². The van der Waals surface area contributed by atoms with Gasteiger partial charge in [-0.05, 0) is 79.1 Å². The number of aliphatic hydroxyl groups is 1. The molecule has 0 spiro atoms. The molecule has 0 aliphatic heterocycles. The Morgan fingerprint density at radius 3 is 2.37 bits per heavy atom. The maximum absolute atomic E-state index is 14.2. The molecule has 1 amide bonds. The van der Waals surface area contributed by atoms with Crippen LogP contribution < -0.4 is 5.32 Å². The predicted octanol–water partition coefficient (Wildman–Crippen LogP) is 7.45. The molecule has 0 bridgehead atoms. The molecule has 1 aliphatic rings. The minimum absolute atomic E-state index is 0.0314. The predicted molar refractivity (Wildman–Crippen MR) is 159 cm³/mol. The van der Waals surface area contributed by atoms with E-state index in [9.17, 15) is 9.90 Å². The van der Waals surface area contributed by atoms with Crippen molar-refractivity contribution in [3.8, 4) is 11.1 Å². The van der Waals surface area contributed by atoms with Crippen molar-refractivity contribution >= 4 is 38.9 Å². The fourth-order valence-electron chi connectivity index (χ4n) is 5.61. The summed E-state index contributed by atoms with van der Waals surface area (Å²) in [5.74, 6) is 0.0314. The van der Waals surface area contributed by atoms with Crippen LogP contribution in [0.2, 0.25) is 5.02 Å². The van der Waals surface area contributed by atoms with Crippen LogP contribution in [0.15, 0.2) is 66.7 Å². The normalized spacial score (nSPS) is 17.6. The van der Waals surface area contributed by atoms with Crippen molar-refractivity contribution in [3.63, 3.8) is 0 Å². The van der Waals surface area contributed by atoms with E-state index in [1.807, 2.05) is 43.4 Å². The number of rotatable bonds is 8. The molecule has 1 heterocycles. The number of fused-ring (bicyclic) bond motifs is 1. The second-order valence-corrected chi connectivity index (χ2v) is 11.6. The van der Waals surface area contributed by atoms with Crippen LogP contribution in [0.5, 0.6) is 0 Å². The van der Waals surface area contributed by atoms with Gasteiger partial charge in [-0.15, -0.1) is 11.3 Å². The fraction of sp³-hybridized carbons (Fsp3) is 0.344. The van der Waals surface area contributed by atoms with Crippen LogP contribution in [0.3, 0.4) is 0 Å². The lowest BCUT2D eigenvalue weighted by molar-refractivity contribution is 0.0606. The van der Waals surface area contributed by atoms with E-state index in [1.54, 1.807) is 0 Å². The number of aliphatic hydroxyl groups excluding tert-OH is 1. The summed E-state index contributed by atoms with van der Waals surface area (Å²) < 4.78 is 1.04. The quantitative estimate of drug-likeness (QED) is 0.241. The number of carbonyl (C=O) groups is 1. The van der Waals surface area contributed by atoms with Crippen molar-refractivity contribution in [1.82, 2.24) is 10.2 Å². The number of amides is 1. The number of halogens is 1. The molecule has 1 saturated carbocycles. The SMILES string of the molecule is CCc1ccc(-c2ccc(CO)cc2)cc1CN(C(=O)c1sc2ccccc2c1Cl)[C@H]1CC[C@H](NC)CC1. The lowest BCUT2D eigenvalue weighted by Gasteiger charge is -2.37. The van der Waals surface area contributed by atoms with Gasteiger partial charge in [0.1, 0.15) is 4.88 Å². The molecule has 6 heteroatoms. The maximum atomic E-state index is 14.2. The first-order valence-electron chi connectivity index (χ1n) is 13.5. The van der Waals surface area contributed by atoms with E-state index < -0.39 is 0 Å². The van der Waals surface area contributed by atoms with Crippen molar-refractivity contribution in [2.45, 2.75) is 64.3 Å². The Labute approximate surface area is 234 Å². The van der Waals surface area contributed by atoms with Crippen molar-refractivity contribution < 1.29 is 9.90 Å². The largest absolute Gasteiger partial charge is 0.392 e. The first kappa shape index (κ1) is 26.9. The van der Waals surface area contributed by atoms with Crippen molar-refractivity contribution in [1.29, 1.82) is 0 Å². The molecular formula is C32H35ClN2O2S. The molecule has 1 aromatic heterocycles. The number of nitrogens with one attached hydrogen (secondary N) is 1. The molecule has 1 aliphatic carbocycles. The highest BCUT2D eigenvalue weighted by atomic mass is 35.5. The summed E-state index contributed by atoms with van der Waals surface area (Å²) in [6.45, 7) is 2.76. The van der Waals surface area contributed by atoms with Crippen LogP contribution in [0, 0.1) is 0 Å². The van der Waals surface area contributed by atoms with Gasteiger partial charge in [-0.25, -0.2) is 0 Å². The average molecular weight is 547 g/mol. The molecule has 0 atom stereocenters.